The summed E-state index contributed by atoms with van der Waals surface area (Å²) in [6.07, 6.45) is -26.1. The van der Waals surface area contributed by atoms with Gasteiger partial charge in [0.05, 0.1) is 49.7 Å². The van der Waals surface area contributed by atoms with E-state index >= 15 is 0 Å². The van der Waals surface area contributed by atoms with Crippen LogP contribution in [0.25, 0.3) is 0 Å². The van der Waals surface area contributed by atoms with Crippen molar-refractivity contribution in [1.82, 2.24) is 16.0 Å². The molecular weight excluding hydrogens is 851 g/mol. The zero-order chi connectivity index (χ0) is 43.4. The first-order valence-corrected chi connectivity index (χ1v) is 17.1. The van der Waals surface area contributed by atoms with Crippen molar-refractivity contribution < 1.29 is 202 Å². The van der Waals surface area contributed by atoms with Gasteiger partial charge in [0.15, 0.2) is 6.29 Å². The maximum absolute atomic E-state index is 12.8. The van der Waals surface area contributed by atoms with E-state index in [0.29, 0.717) is 0 Å². The molecule has 3 fully saturated rings. The predicted octanol–water partition coefficient (Wildman–Crippen LogP) is -21.0. The van der Waals surface area contributed by atoms with Gasteiger partial charge in [-0.1, -0.05) is 0 Å². The number of aliphatic hydroxyl groups is 8. The van der Waals surface area contributed by atoms with Crippen molar-refractivity contribution in [3.05, 3.63) is 0 Å². The van der Waals surface area contributed by atoms with E-state index in [1.165, 1.54) is 0 Å². The number of aliphatic hydroxyl groups excluding tert-OH is 7. The van der Waals surface area contributed by atoms with Crippen molar-refractivity contribution in [2.75, 3.05) is 13.2 Å². The smallest absolute Gasteiger partial charge is 0.544 e. The molecule has 60 heavy (non-hydrogen) atoms. The van der Waals surface area contributed by atoms with Gasteiger partial charge in [-0.2, -0.15) is 0 Å². The van der Waals surface area contributed by atoms with E-state index in [4.69, 9.17) is 23.7 Å². The van der Waals surface area contributed by atoms with Gasteiger partial charge in [-0.3, -0.25) is 14.4 Å². The summed E-state index contributed by atoms with van der Waals surface area (Å²) < 4.78 is 26.6. The Kier molecular flexibility index (Phi) is 23.9. The maximum Gasteiger partial charge on any atom is 1.00 e. The summed E-state index contributed by atoms with van der Waals surface area (Å²) in [5.41, 5.74) is 0. The molecule has 11 N–H and O–H groups in total. The van der Waals surface area contributed by atoms with E-state index in [1.807, 2.05) is 0 Å². The SMILES string of the molecule is CC(=O)N[C@H]1C(C=O)O[C@@](OC(CO)[C@@H](O)C2O[C@@](OC(CO)[C@@H](O)C3O[C@@](O)(C(=O)[O-])C[C@@H](O)[C@H]3NC(C)=O)(C(=O)[O-])C[C@@H](O)[C@H]2NC(C)=O)(C(=O)[O-])C[C@H]1O.[Na+].[Na+].[Na+]. The average molecular weight is 896 g/mol. The molecule has 0 aromatic rings. The number of carbonyl (C=O) groups excluding carboxylic acids is 7. The van der Waals surface area contributed by atoms with Crippen LogP contribution in [-0.2, 0) is 57.2 Å². The largest absolute Gasteiger partial charge is 1.00 e. The summed E-state index contributed by atoms with van der Waals surface area (Å²) in [7, 11) is 0. The minimum absolute atomic E-state index is 0. The van der Waals surface area contributed by atoms with Crippen molar-refractivity contribution in [1.29, 1.82) is 0 Å². The topological polar surface area (TPSA) is 433 Å². The Morgan fingerprint density at radius 1 is 0.650 bits per heavy atom. The quantitative estimate of drug-likeness (QED) is 0.0477. The monoisotopic (exact) mass is 895 g/mol. The molecule has 5 unspecified atom stereocenters. The van der Waals surface area contributed by atoms with Crippen LogP contribution in [0.5, 0.6) is 0 Å². The second-order valence-electron chi connectivity index (χ2n) is 13.7. The molecular formula is C31H44N3Na3O23. The third kappa shape index (κ3) is 13.5. The molecule has 3 aliphatic heterocycles. The Hall–Kier alpha value is -1.03. The second kappa shape index (κ2) is 24.3. The normalized spacial score (nSPS) is 35.8. The zero-order valence-corrected chi connectivity index (χ0v) is 39.3. The minimum atomic E-state index is -3.44. The standard InChI is InChI=1S/C31H47N3O23.3Na/c1-10(38)32-19-14(42)5-30(27(48)49,53-16(19)7-35)54-18(9-37)23(45)25-21(34-12(3)40)15(43)6-31(57-25,28(50)51)55-17(8-36)22(44)24-20(33-11(2)39)13(41)4-29(52,56-24)26(46)47;;;/h7,13-25,36-37,41-45,52H,4-6,8-9H2,1-3H3,(H,32,38)(H,33,39)(H,34,40)(H,46,47)(H,48,49)(H,50,51);;;/q;3*+1/p-3/t13-,14-,15-,16?,17?,18?,19-,20-,21-,22-,23-,24?,25?,29-,30+,31-;;;/m1.../s1. The fraction of sp³-hybridized carbons (Fsp3) is 0.774. The Bertz CT molecular complexity index is 1540. The van der Waals surface area contributed by atoms with Crippen molar-refractivity contribution in [3.63, 3.8) is 0 Å². The number of carboxylic acid groups (broad SMARTS) is 3. The number of rotatable bonds is 17. The third-order valence-corrected chi connectivity index (χ3v) is 9.39. The first-order valence-electron chi connectivity index (χ1n) is 17.1. The molecule has 0 aromatic carbocycles. The summed E-state index contributed by atoms with van der Waals surface area (Å²) in [5, 5.41) is 130. The number of aliphatic carboxylic acids is 3. The molecule has 3 amide bonds. The number of carbonyl (C=O) groups is 7. The molecule has 3 saturated heterocycles. The molecule has 29 heteroatoms. The molecule has 0 aliphatic carbocycles. The third-order valence-electron chi connectivity index (χ3n) is 9.39. The molecule has 3 aliphatic rings. The summed E-state index contributed by atoms with van der Waals surface area (Å²) in [6, 6.07) is -5.21. The average Bonchev–Trinajstić information content (AvgIpc) is 3.11. The maximum atomic E-state index is 12.8. The molecule has 3 rings (SSSR count). The first-order chi connectivity index (χ1) is 26.4. The van der Waals surface area contributed by atoms with Gasteiger partial charge in [0, 0.05) is 40.0 Å². The fourth-order valence-electron chi connectivity index (χ4n) is 6.80. The molecule has 0 spiro atoms. The van der Waals surface area contributed by atoms with Crippen molar-refractivity contribution in [3.8, 4) is 0 Å². The van der Waals surface area contributed by atoms with Gasteiger partial charge in [0.1, 0.15) is 60.6 Å². The van der Waals surface area contributed by atoms with E-state index < -0.39 is 165 Å². The molecule has 0 bridgehead atoms. The molecule has 0 radical (unpaired) electrons. The number of hydrogen-bond acceptors (Lipinski definition) is 23. The first kappa shape index (κ1) is 59.0. The van der Waals surface area contributed by atoms with Crippen LogP contribution in [0.2, 0.25) is 0 Å². The van der Waals surface area contributed by atoms with Crippen molar-refractivity contribution in [2.45, 2.75) is 137 Å². The number of hydrogen-bond donors (Lipinski definition) is 11. The van der Waals surface area contributed by atoms with Crippen LogP contribution in [-0.4, -0.2) is 193 Å². The van der Waals surface area contributed by atoms with Crippen LogP contribution in [0.3, 0.4) is 0 Å². The summed E-state index contributed by atoms with van der Waals surface area (Å²) in [6.45, 7) is -0.0432. The summed E-state index contributed by atoms with van der Waals surface area (Å²) in [5.74, 6) is -19.6. The Balaban J connectivity index is 0.0000116. The zero-order valence-electron chi connectivity index (χ0n) is 33.3. The molecule has 0 aromatic heterocycles. The molecule has 324 valence electrons. The minimum Gasteiger partial charge on any atom is -0.544 e. The second-order valence-corrected chi connectivity index (χ2v) is 13.7. The Morgan fingerprint density at radius 2 is 1.00 bits per heavy atom. The van der Waals surface area contributed by atoms with Crippen LogP contribution in [0, 0.1) is 0 Å². The van der Waals surface area contributed by atoms with Crippen LogP contribution < -0.4 is 120 Å². The van der Waals surface area contributed by atoms with E-state index in [9.17, 15) is 89.7 Å². The van der Waals surface area contributed by atoms with Crippen molar-refractivity contribution in [2.24, 2.45) is 0 Å². The van der Waals surface area contributed by atoms with Gasteiger partial charge in [0.2, 0.25) is 35.1 Å². The Labute approximate surface area is 406 Å². The van der Waals surface area contributed by atoms with Crippen molar-refractivity contribution >= 4 is 41.9 Å². The van der Waals surface area contributed by atoms with Crippen LogP contribution in [0.4, 0.5) is 0 Å². The molecule has 0 saturated carbocycles. The predicted molar refractivity (Wildman–Crippen MR) is 167 cm³/mol. The van der Waals surface area contributed by atoms with E-state index in [1.54, 1.807) is 0 Å². The number of amides is 3. The molecule has 26 nitrogen and oxygen atoms in total. The van der Waals surface area contributed by atoms with E-state index in [-0.39, 0.29) is 95.0 Å². The summed E-state index contributed by atoms with van der Waals surface area (Å²) >= 11 is 0. The number of aldehydes is 1. The van der Waals surface area contributed by atoms with Crippen LogP contribution in [0.15, 0.2) is 0 Å². The molecule has 3 heterocycles. The number of nitrogens with one attached hydrogen (secondary N) is 3. The van der Waals surface area contributed by atoms with Crippen LogP contribution in [0.1, 0.15) is 40.0 Å². The van der Waals surface area contributed by atoms with Gasteiger partial charge in [0.25, 0.3) is 0 Å². The van der Waals surface area contributed by atoms with Gasteiger partial charge in [-0.05, 0) is 0 Å². The number of carboxylic acids is 3. The van der Waals surface area contributed by atoms with Gasteiger partial charge in [-0.15, -0.1) is 0 Å². The van der Waals surface area contributed by atoms with E-state index in [2.05, 4.69) is 16.0 Å². The summed E-state index contributed by atoms with van der Waals surface area (Å²) in [4.78, 5) is 84.4. The van der Waals surface area contributed by atoms with E-state index in [0.717, 1.165) is 20.8 Å². The van der Waals surface area contributed by atoms with Gasteiger partial charge >= 0.3 is 88.7 Å². The van der Waals surface area contributed by atoms with Crippen LogP contribution >= 0.6 is 0 Å². The molecule has 16 atom stereocenters. The van der Waals surface area contributed by atoms with Gasteiger partial charge in [-0.25, -0.2) is 0 Å². The fourth-order valence-corrected chi connectivity index (χ4v) is 6.80. The number of ether oxygens (including phenoxy) is 5. The Morgan fingerprint density at radius 3 is 1.35 bits per heavy atom. The van der Waals surface area contributed by atoms with Gasteiger partial charge < -0.3 is 115 Å².